The van der Waals surface area contributed by atoms with Gasteiger partial charge in [-0.25, -0.2) is 4.39 Å². The van der Waals surface area contributed by atoms with Crippen LogP contribution in [-0.4, -0.2) is 4.98 Å². The van der Waals surface area contributed by atoms with Gasteiger partial charge < -0.3 is 5.73 Å². The quantitative estimate of drug-likeness (QED) is 0.751. The Morgan fingerprint density at radius 1 is 1.18 bits per heavy atom. The van der Waals surface area contributed by atoms with E-state index in [1.165, 1.54) is 6.07 Å². The maximum atomic E-state index is 13.3. The Morgan fingerprint density at radius 2 is 2.06 bits per heavy atom. The standard InChI is InChI=1S/C14H13FN2/c15-10-5-3-9-4-6-13-11(2-1-7-17-13)14(16)12(9)8-10/h1-3,5,7-8,14H,4,6,16H2. The summed E-state index contributed by atoms with van der Waals surface area (Å²) in [5.74, 6) is -0.230. The highest BCUT2D eigenvalue weighted by molar-refractivity contribution is 5.41. The monoisotopic (exact) mass is 228 g/mol. The van der Waals surface area contributed by atoms with Gasteiger partial charge in [0.05, 0.1) is 6.04 Å². The molecule has 0 spiro atoms. The van der Waals surface area contributed by atoms with E-state index >= 15 is 0 Å². The second kappa shape index (κ2) is 3.93. The van der Waals surface area contributed by atoms with E-state index in [1.807, 2.05) is 18.2 Å². The molecule has 17 heavy (non-hydrogen) atoms. The van der Waals surface area contributed by atoms with Gasteiger partial charge in [-0.05, 0) is 47.7 Å². The maximum absolute atomic E-state index is 13.3. The lowest BCUT2D eigenvalue weighted by molar-refractivity contribution is 0.622. The second-order valence-electron chi connectivity index (χ2n) is 4.36. The lowest BCUT2D eigenvalue weighted by Crippen LogP contribution is -2.14. The first-order chi connectivity index (χ1) is 8.25. The van der Waals surface area contributed by atoms with E-state index in [-0.39, 0.29) is 11.9 Å². The topological polar surface area (TPSA) is 38.9 Å². The number of fused-ring (bicyclic) bond motifs is 2. The molecule has 86 valence electrons. The van der Waals surface area contributed by atoms with Crippen molar-refractivity contribution in [3.8, 4) is 0 Å². The van der Waals surface area contributed by atoms with Crippen molar-refractivity contribution < 1.29 is 4.39 Å². The fourth-order valence-electron chi connectivity index (χ4n) is 2.45. The van der Waals surface area contributed by atoms with Gasteiger partial charge in [0.25, 0.3) is 0 Å². The highest BCUT2D eigenvalue weighted by atomic mass is 19.1. The smallest absolute Gasteiger partial charge is 0.123 e. The lowest BCUT2D eigenvalue weighted by atomic mass is 9.97. The van der Waals surface area contributed by atoms with Crippen molar-refractivity contribution in [2.24, 2.45) is 5.73 Å². The molecular weight excluding hydrogens is 215 g/mol. The molecule has 0 amide bonds. The number of halogens is 1. The molecule has 0 bridgehead atoms. The summed E-state index contributed by atoms with van der Waals surface area (Å²) in [5.41, 5.74) is 10.3. The van der Waals surface area contributed by atoms with Crippen LogP contribution in [0.4, 0.5) is 4.39 Å². The third-order valence-corrected chi connectivity index (χ3v) is 3.33. The lowest BCUT2D eigenvalue weighted by Gasteiger charge is -2.14. The first-order valence-corrected chi connectivity index (χ1v) is 5.73. The van der Waals surface area contributed by atoms with Gasteiger partial charge in [0.2, 0.25) is 0 Å². The summed E-state index contributed by atoms with van der Waals surface area (Å²) in [4.78, 5) is 4.36. The van der Waals surface area contributed by atoms with Crippen LogP contribution in [0.15, 0.2) is 36.5 Å². The minimum absolute atomic E-state index is 0.230. The van der Waals surface area contributed by atoms with E-state index in [9.17, 15) is 4.39 Å². The molecule has 0 fully saturated rings. The van der Waals surface area contributed by atoms with E-state index in [2.05, 4.69) is 4.98 Å². The predicted octanol–water partition coefficient (Wildman–Crippen LogP) is 2.37. The third kappa shape index (κ3) is 1.72. The van der Waals surface area contributed by atoms with Crippen LogP contribution in [0.2, 0.25) is 0 Å². The van der Waals surface area contributed by atoms with Crippen molar-refractivity contribution in [1.82, 2.24) is 4.98 Å². The normalized spacial score (nSPS) is 18.1. The number of aromatic nitrogens is 1. The molecule has 0 saturated heterocycles. The molecule has 0 saturated carbocycles. The van der Waals surface area contributed by atoms with Crippen LogP contribution in [0, 0.1) is 5.82 Å². The maximum Gasteiger partial charge on any atom is 0.123 e. The summed E-state index contributed by atoms with van der Waals surface area (Å²) >= 11 is 0. The van der Waals surface area contributed by atoms with Gasteiger partial charge in [0.1, 0.15) is 5.82 Å². The Labute approximate surface area is 99.3 Å². The van der Waals surface area contributed by atoms with E-state index in [1.54, 1.807) is 12.3 Å². The summed E-state index contributed by atoms with van der Waals surface area (Å²) in [5, 5.41) is 0. The molecule has 1 aromatic heterocycles. The minimum Gasteiger partial charge on any atom is -0.320 e. The molecule has 0 radical (unpaired) electrons. The summed E-state index contributed by atoms with van der Waals surface area (Å²) in [6.07, 6.45) is 3.51. The number of hydrogen-bond donors (Lipinski definition) is 1. The van der Waals surface area contributed by atoms with Gasteiger partial charge in [-0.1, -0.05) is 12.1 Å². The van der Waals surface area contributed by atoms with Gasteiger partial charge >= 0.3 is 0 Å². The van der Waals surface area contributed by atoms with Crippen molar-refractivity contribution in [3.05, 3.63) is 64.7 Å². The van der Waals surface area contributed by atoms with Crippen molar-refractivity contribution in [2.75, 3.05) is 0 Å². The minimum atomic E-state index is -0.271. The van der Waals surface area contributed by atoms with Crippen LogP contribution in [0.5, 0.6) is 0 Å². The van der Waals surface area contributed by atoms with Gasteiger partial charge in [0.15, 0.2) is 0 Å². The molecule has 2 N–H and O–H groups in total. The number of benzene rings is 1. The molecule has 3 rings (SSSR count). The number of rotatable bonds is 0. The number of pyridine rings is 1. The SMILES string of the molecule is NC1c2cc(F)ccc2CCc2ncccc21. The molecule has 1 heterocycles. The Morgan fingerprint density at radius 3 is 2.94 bits per heavy atom. The van der Waals surface area contributed by atoms with Crippen LogP contribution in [0.3, 0.4) is 0 Å². The Kier molecular flexibility index (Phi) is 2.41. The zero-order chi connectivity index (χ0) is 11.8. The van der Waals surface area contributed by atoms with Crippen LogP contribution < -0.4 is 5.73 Å². The van der Waals surface area contributed by atoms with Gasteiger partial charge in [-0.15, -0.1) is 0 Å². The highest BCUT2D eigenvalue weighted by Gasteiger charge is 2.21. The van der Waals surface area contributed by atoms with E-state index in [0.29, 0.717) is 0 Å². The number of aryl methyl sites for hydroxylation is 2. The van der Waals surface area contributed by atoms with Crippen LogP contribution in [-0.2, 0) is 12.8 Å². The fourth-order valence-corrected chi connectivity index (χ4v) is 2.45. The van der Waals surface area contributed by atoms with Gasteiger partial charge in [-0.2, -0.15) is 0 Å². The molecule has 0 aliphatic heterocycles. The molecule has 1 aliphatic carbocycles. The fraction of sp³-hybridized carbons (Fsp3) is 0.214. The first-order valence-electron chi connectivity index (χ1n) is 5.73. The van der Waals surface area contributed by atoms with Gasteiger partial charge in [-0.3, -0.25) is 4.98 Å². The van der Waals surface area contributed by atoms with Crippen molar-refractivity contribution in [2.45, 2.75) is 18.9 Å². The Bertz CT molecular complexity index is 566. The molecule has 1 aromatic carbocycles. The van der Waals surface area contributed by atoms with Crippen LogP contribution >= 0.6 is 0 Å². The Balaban J connectivity index is 2.18. The predicted molar refractivity (Wildman–Crippen MR) is 64.1 cm³/mol. The zero-order valence-corrected chi connectivity index (χ0v) is 9.36. The molecule has 2 nitrogen and oxygen atoms in total. The molecular formula is C14H13FN2. The summed E-state index contributed by atoms with van der Waals surface area (Å²) in [6.45, 7) is 0. The van der Waals surface area contributed by atoms with Gasteiger partial charge in [0, 0.05) is 11.9 Å². The molecule has 1 aliphatic rings. The van der Waals surface area contributed by atoms with Crippen molar-refractivity contribution in [3.63, 3.8) is 0 Å². The molecule has 1 unspecified atom stereocenters. The molecule has 2 aromatic rings. The zero-order valence-electron chi connectivity index (χ0n) is 9.36. The average Bonchev–Trinajstić information content (AvgIpc) is 2.49. The average molecular weight is 228 g/mol. The van der Waals surface area contributed by atoms with Crippen molar-refractivity contribution in [1.29, 1.82) is 0 Å². The third-order valence-electron chi connectivity index (χ3n) is 3.33. The van der Waals surface area contributed by atoms with Crippen LogP contribution in [0.25, 0.3) is 0 Å². The molecule has 3 heteroatoms. The second-order valence-corrected chi connectivity index (χ2v) is 4.36. The van der Waals surface area contributed by atoms with E-state index in [4.69, 9.17) is 5.73 Å². The summed E-state index contributed by atoms with van der Waals surface area (Å²) < 4.78 is 13.3. The van der Waals surface area contributed by atoms with E-state index < -0.39 is 0 Å². The van der Waals surface area contributed by atoms with Crippen LogP contribution in [0.1, 0.15) is 28.4 Å². The highest BCUT2D eigenvalue weighted by Crippen LogP contribution is 2.30. The largest absolute Gasteiger partial charge is 0.320 e. The number of nitrogens with zero attached hydrogens (tertiary/aromatic N) is 1. The summed E-state index contributed by atoms with van der Waals surface area (Å²) in [7, 11) is 0. The number of hydrogen-bond acceptors (Lipinski definition) is 2. The first kappa shape index (κ1) is 10.4. The van der Waals surface area contributed by atoms with Crippen molar-refractivity contribution >= 4 is 0 Å². The van der Waals surface area contributed by atoms with E-state index in [0.717, 1.165) is 35.2 Å². The summed E-state index contributed by atoms with van der Waals surface area (Å²) in [6, 6.07) is 8.45. The molecule has 1 atom stereocenters. The Hall–Kier alpha value is -1.74. The number of nitrogens with two attached hydrogens (primary N) is 1.